The second kappa shape index (κ2) is 11.3. The van der Waals surface area contributed by atoms with E-state index in [1.54, 1.807) is 24.3 Å². The van der Waals surface area contributed by atoms with E-state index in [0.717, 1.165) is 0 Å². The van der Waals surface area contributed by atoms with E-state index in [2.05, 4.69) is 17.8 Å². The zero-order valence-corrected chi connectivity index (χ0v) is 11.2. The molecule has 3 nitrogen and oxygen atoms in total. The Morgan fingerprint density at radius 1 is 1.37 bits per heavy atom. The zero-order chi connectivity index (χ0) is 14.5. The average molecular weight is 260 g/mol. The van der Waals surface area contributed by atoms with E-state index in [9.17, 15) is 15.0 Å². The molecule has 0 radical (unpaired) electrons. The molecule has 0 saturated carbocycles. The first-order valence-electron chi connectivity index (χ1n) is 6.19. The third-order valence-electron chi connectivity index (χ3n) is 2.21. The lowest BCUT2D eigenvalue weighted by molar-refractivity contribution is -0.117. The van der Waals surface area contributed by atoms with Gasteiger partial charge in [0.05, 0.1) is 6.10 Å². The van der Waals surface area contributed by atoms with Crippen LogP contribution in [0.25, 0.3) is 0 Å². The van der Waals surface area contributed by atoms with Gasteiger partial charge < -0.3 is 15.0 Å². The molecule has 102 valence electrons. The Labute approximate surface area is 115 Å². The van der Waals surface area contributed by atoms with Crippen LogP contribution < -0.4 is 0 Å². The van der Waals surface area contributed by atoms with Gasteiger partial charge in [0.1, 0.15) is 11.9 Å². The van der Waals surface area contributed by atoms with Crippen molar-refractivity contribution in [2.75, 3.05) is 0 Å². The third-order valence-corrected chi connectivity index (χ3v) is 2.21. The molecule has 0 amide bonds. The van der Waals surface area contributed by atoms with Crippen LogP contribution >= 0.6 is 0 Å². The van der Waals surface area contributed by atoms with E-state index in [0.29, 0.717) is 19.3 Å². The van der Waals surface area contributed by atoms with Gasteiger partial charge in [-0.05, 0) is 25.8 Å². The standard InChI is InChI=1S/C16H20O3/c1-3-9-15(18)11-6-4-5-7-12-16(19)13-8-10-14(2)17/h1,4-6,11,15-16,18-19H,8-10,13H2,2H3/b5-4+,11-6+/t15-,16+/m0/s1. The van der Waals surface area contributed by atoms with Gasteiger partial charge in [0, 0.05) is 12.8 Å². The quantitative estimate of drug-likeness (QED) is 0.540. The minimum Gasteiger partial charge on any atom is -0.388 e. The second-order valence-corrected chi connectivity index (χ2v) is 4.12. The first-order valence-corrected chi connectivity index (χ1v) is 6.19. The first kappa shape index (κ1) is 17.2. The summed E-state index contributed by atoms with van der Waals surface area (Å²) in [6, 6.07) is 0. The van der Waals surface area contributed by atoms with Crippen LogP contribution in [0, 0.1) is 24.2 Å². The monoisotopic (exact) mass is 260 g/mol. The minimum atomic E-state index is -0.708. The van der Waals surface area contributed by atoms with Crippen LogP contribution in [-0.4, -0.2) is 28.2 Å². The lowest BCUT2D eigenvalue weighted by atomic mass is 10.1. The zero-order valence-electron chi connectivity index (χ0n) is 11.2. The molecule has 3 heteroatoms. The van der Waals surface area contributed by atoms with Crippen LogP contribution in [0.2, 0.25) is 0 Å². The summed E-state index contributed by atoms with van der Waals surface area (Å²) in [4.78, 5) is 10.7. The molecular weight excluding hydrogens is 240 g/mol. The topological polar surface area (TPSA) is 57.5 Å². The minimum absolute atomic E-state index is 0.121. The fraction of sp³-hybridized carbons (Fsp3) is 0.438. The maximum absolute atomic E-state index is 10.7. The van der Waals surface area contributed by atoms with Crippen molar-refractivity contribution < 1.29 is 15.0 Å². The SMILES string of the molecule is C#CC[C@H](O)/C=C/C=C/C#C[C@@H](O)CCCC(C)=O. The Bertz CT molecular complexity index is 416. The van der Waals surface area contributed by atoms with E-state index in [1.165, 1.54) is 6.92 Å². The molecule has 0 aromatic carbocycles. The Kier molecular flexibility index (Phi) is 10.2. The highest BCUT2D eigenvalue weighted by Crippen LogP contribution is 2.00. The van der Waals surface area contributed by atoms with Crippen LogP contribution in [0.15, 0.2) is 24.3 Å². The molecule has 0 bridgehead atoms. The van der Waals surface area contributed by atoms with Crippen molar-refractivity contribution in [3.63, 3.8) is 0 Å². The summed E-state index contributed by atoms with van der Waals surface area (Å²) in [5.41, 5.74) is 0. The number of rotatable bonds is 7. The molecule has 2 atom stereocenters. The number of aliphatic hydroxyl groups excluding tert-OH is 2. The summed E-state index contributed by atoms with van der Waals surface area (Å²) in [5, 5.41) is 18.7. The van der Waals surface area contributed by atoms with Gasteiger partial charge in [-0.15, -0.1) is 12.3 Å². The molecular formula is C16H20O3. The van der Waals surface area contributed by atoms with Gasteiger partial charge in [-0.1, -0.05) is 30.1 Å². The largest absolute Gasteiger partial charge is 0.388 e. The van der Waals surface area contributed by atoms with Crippen LogP contribution in [0.5, 0.6) is 0 Å². The Morgan fingerprint density at radius 2 is 2.11 bits per heavy atom. The Morgan fingerprint density at radius 3 is 2.74 bits per heavy atom. The fourth-order valence-corrected chi connectivity index (χ4v) is 1.25. The second-order valence-electron chi connectivity index (χ2n) is 4.12. The summed E-state index contributed by atoms with van der Waals surface area (Å²) in [6.07, 6.45) is 12.1. The molecule has 0 aliphatic carbocycles. The molecule has 0 saturated heterocycles. The van der Waals surface area contributed by atoms with Crippen molar-refractivity contribution >= 4 is 5.78 Å². The Balaban J connectivity index is 3.89. The number of hydrogen-bond acceptors (Lipinski definition) is 3. The number of hydrogen-bond donors (Lipinski definition) is 2. The molecule has 0 rings (SSSR count). The molecule has 2 N–H and O–H groups in total. The lowest BCUT2D eigenvalue weighted by Gasteiger charge is -2.00. The van der Waals surface area contributed by atoms with Gasteiger partial charge in [0.2, 0.25) is 0 Å². The number of carbonyl (C=O) groups excluding carboxylic acids is 1. The highest BCUT2D eigenvalue weighted by molar-refractivity contribution is 5.75. The average Bonchev–Trinajstić information content (AvgIpc) is 2.33. The highest BCUT2D eigenvalue weighted by atomic mass is 16.3. The number of Topliss-reactive ketones (excluding diaryl/α,β-unsaturated/α-hetero) is 1. The summed E-state index contributed by atoms with van der Waals surface area (Å²) >= 11 is 0. The number of terminal acetylenes is 1. The van der Waals surface area contributed by atoms with Crippen molar-refractivity contribution in [1.29, 1.82) is 0 Å². The van der Waals surface area contributed by atoms with Gasteiger partial charge in [0.15, 0.2) is 0 Å². The van der Waals surface area contributed by atoms with Crippen LogP contribution in [0.1, 0.15) is 32.6 Å². The number of allylic oxidation sites excluding steroid dienone is 3. The number of ketones is 1. The smallest absolute Gasteiger partial charge is 0.129 e. The van der Waals surface area contributed by atoms with Crippen LogP contribution in [-0.2, 0) is 4.79 Å². The van der Waals surface area contributed by atoms with Gasteiger partial charge in [-0.25, -0.2) is 0 Å². The molecule has 0 aliphatic heterocycles. The fourth-order valence-electron chi connectivity index (χ4n) is 1.25. The van der Waals surface area contributed by atoms with Crippen molar-refractivity contribution in [1.82, 2.24) is 0 Å². The van der Waals surface area contributed by atoms with Crippen molar-refractivity contribution in [2.24, 2.45) is 0 Å². The number of aliphatic hydroxyl groups is 2. The normalized spacial score (nSPS) is 13.8. The summed E-state index contributed by atoms with van der Waals surface area (Å²) in [7, 11) is 0. The van der Waals surface area contributed by atoms with Gasteiger partial charge in [-0.3, -0.25) is 0 Å². The molecule has 0 unspecified atom stereocenters. The van der Waals surface area contributed by atoms with Crippen molar-refractivity contribution in [2.45, 2.75) is 44.8 Å². The first-order chi connectivity index (χ1) is 9.06. The van der Waals surface area contributed by atoms with E-state index in [-0.39, 0.29) is 12.2 Å². The van der Waals surface area contributed by atoms with Crippen molar-refractivity contribution in [3.8, 4) is 24.2 Å². The predicted molar refractivity (Wildman–Crippen MR) is 76.1 cm³/mol. The summed E-state index contributed by atoms with van der Waals surface area (Å²) in [6.45, 7) is 1.53. The van der Waals surface area contributed by atoms with Crippen LogP contribution in [0.4, 0.5) is 0 Å². The Hall–Kier alpha value is -1.81. The van der Waals surface area contributed by atoms with E-state index >= 15 is 0 Å². The van der Waals surface area contributed by atoms with E-state index < -0.39 is 12.2 Å². The predicted octanol–water partition coefficient (Wildman–Crippen LogP) is 1.61. The van der Waals surface area contributed by atoms with Gasteiger partial charge in [-0.2, -0.15) is 0 Å². The summed E-state index contributed by atoms with van der Waals surface area (Å²) in [5.74, 6) is 7.81. The highest BCUT2D eigenvalue weighted by Gasteiger charge is 1.99. The molecule has 0 aliphatic rings. The van der Waals surface area contributed by atoms with E-state index in [4.69, 9.17) is 6.42 Å². The molecule has 0 aromatic rings. The number of carbonyl (C=O) groups is 1. The maximum atomic E-state index is 10.7. The maximum Gasteiger partial charge on any atom is 0.129 e. The van der Waals surface area contributed by atoms with Crippen LogP contribution in [0.3, 0.4) is 0 Å². The molecule has 19 heavy (non-hydrogen) atoms. The lowest BCUT2D eigenvalue weighted by Crippen LogP contribution is -2.03. The summed E-state index contributed by atoms with van der Waals surface area (Å²) < 4.78 is 0. The third kappa shape index (κ3) is 12.4. The molecule has 0 aromatic heterocycles. The van der Waals surface area contributed by atoms with E-state index in [1.807, 2.05) is 0 Å². The van der Waals surface area contributed by atoms with Gasteiger partial charge >= 0.3 is 0 Å². The van der Waals surface area contributed by atoms with Crippen molar-refractivity contribution in [3.05, 3.63) is 24.3 Å². The molecule has 0 fully saturated rings. The molecule has 0 heterocycles. The molecule has 0 spiro atoms. The van der Waals surface area contributed by atoms with Gasteiger partial charge in [0.25, 0.3) is 0 Å².